The third-order valence-corrected chi connectivity index (χ3v) is 14.3. The molecule has 0 aromatic heterocycles. The largest absolute Gasteiger partial charge is 0.504 e. The molecule has 2 saturated carbocycles. The fourth-order valence-electron chi connectivity index (χ4n) is 5.72. The minimum Gasteiger partial charge on any atom is -0.374 e. The van der Waals surface area contributed by atoms with Gasteiger partial charge in [0.1, 0.15) is 0 Å². The van der Waals surface area contributed by atoms with Crippen molar-refractivity contribution in [3.63, 3.8) is 0 Å². The number of rotatable bonds is 16. The van der Waals surface area contributed by atoms with E-state index >= 15 is 0 Å². The minimum absolute atomic E-state index is 0.418. The normalized spacial score (nSPS) is 27.1. The predicted molar refractivity (Wildman–Crippen MR) is 136 cm³/mol. The van der Waals surface area contributed by atoms with Crippen LogP contribution in [0.5, 0.6) is 0 Å². The van der Waals surface area contributed by atoms with Crippen LogP contribution in [0.25, 0.3) is 0 Å². The SMILES string of the molecule is CCO[Si](OCC)(OCC)C1CCC(NC2CCC([Si](OCC)(OCC)OCC)CC2)CC1. The highest BCUT2D eigenvalue weighted by Gasteiger charge is 2.51. The van der Waals surface area contributed by atoms with Crippen LogP contribution in [0, 0.1) is 0 Å². The van der Waals surface area contributed by atoms with Crippen molar-refractivity contribution >= 4 is 17.6 Å². The summed E-state index contributed by atoms with van der Waals surface area (Å²) < 4.78 is 37.1. The van der Waals surface area contributed by atoms with Gasteiger partial charge in [-0.15, -0.1) is 0 Å². The monoisotopic (exact) mass is 505 g/mol. The van der Waals surface area contributed by atoms with Crippen molar-refractivity contribution in [2.75, 3.05) is 39.6 Å². The van der Waals surface area contributed by atoms with Gasteiger partial charge in [-0.3, -0.25) is 0 Å². The van der Waals surface area contributed by atoms with Crippen LogP contribution < -0.4 is 5.32 Å². The molecule has 2 aliphatic rings. The first-order valence-electron chi connectivity index (χ1n) is 13.6. The Morgan fingerprint density at radius 1 is 0.455 bits per heavy atom. The summed E-state index contributed by atoms with van der Waals surface area (Å²) in [5.74, 6) is 0. The molecule has 0 unspecified atom stereocenters. The number of hydrogen-bond donors (Lipinski definition) is 1. The second-order valence-electron chi connectivity index (χ2n) is 9.07. The quantitative estimate of drug-likeness (QED) is 0.286. The van der Waals surface area contributed by atoms with Crippen LogP contribution >= 0.6 is 0 Å². The van der Waals surface area contributed by atoms with Gasteiger partial charge in [-0.2, -0.15) is 0 Å². The summed E-state index contributed by atoms with van der Waals surface area (Å²) >= 11 is 0. The molecule has 9 heteroatoms. The zero-order valence-corrected chi connectivity index (χ0v) is 24.2. The molecular weight excluding hydrogens is 454 g/mol. The lowest BCUT2D eigenvalue weighted by Gasteiger charge is -2.42. The van der Waals surface area contributed by atoms with E-state index in [0.717, 1.165) is 25.7 Å². The lowest BCUT2D eigenvalue weighted by atomic mass is 9.90. The zero-order chi connectivity index (χ0) is 24.2. The summed E-state index contributed by atoms with van der Waals surface area (Å²) in [7, 11) is -5.19. The molecule has 0 heterocycles. The van der Waals surface area contributed by atoms with Crippen molar-refractivity contribution in [1.29, 1.82) is 0 Å². The second-order valence-corrected chi connectivity index (χ2v) is 14.8. The lowest BCUT2D eigenvalue weighted by Crippen LogP contribution is -2.54. The average Bonchev–Trinajstić information content (AvgIpc) is 2.81. The van der Waals surface area contributed by atoms with Gasteiger partial charge in [0, 0.05) is 62.8 Å². The molecular formula is C24H51NO6Si2. The van der Waals surface area contributed by atoms with Crippen molar-refractivity contribution in [3.05, 3.63) is 0 Å². The molecule has 0 radical (unpaired) electrons. The first kappa shape index (κ1) is 29.4. The van der Waals surface area contributed by atoms with Crippen LogP contribution in [-0.4, -0.2) is 69.3 Å². The third-order valence-electron chi connectivity index (χ3n) is 7.00. The fraction of sp³-hybridized carbons (Fsp3) is 1.00. The summed E-state index contributed by atoms with van der Waals surface area (Å²) in [6.07, 6.45) is 9.15. The highest BCUT2D eigenvalue weighted by molar-refractivity contribution is 6.62. The summed E-state index contributed by atoms with van der Waals surface area (Å²) in [5.41, 5.74) is 0.836. The van der Waals surface area contributed by atoms with E-state index in [9.17, 15) is 0 Å². The van der Waals surface area contributed by atoms with Crippen LogP contribution in [0.1, 0.15) is 92.9 Å². The molecule has 0 atom stereocenters. The van der Waals surface area contributed by atoms with E-state index in [1.54, 1.807) is 0 Å². The fourth-order valence-corrected chi connectivity index (χ4v) is 12.1. The molecule has 7 nitrogen and oxygen atoms in total. The Morgan fingerprint density at radius 2 is 0.697 bits per heavy atom. The van der Waals surface area contributed by atoms with E-state index in [1.807, 2.05) is 41.5 Å². The van der Waals surface area contributed by atoms with Gasteiger partial charge >= 0.3 is 17.6 Å². The molecule has 2 aliphatic carbocycles. The summed E-state index contributed by atoms with van der Waals surface area (Å²) in [4.78, 5) is 0. The van der Waals surface area contributed by atoms with Gasteiger partial charge in [0.2, 0.25) is 0 Å². The first-order chi connectivity index (χ1) is 16.0. The lowest BCUT2D eigenvalue weighted by molar-refractivity contribution is 0.0532. The Morgan fingerprint density at radius 3 is 0.909 bits per heavy atom. The maximum Gasteiger partial charge on any atom is 0.504 e. The highest BCUT2D eigenvalue weighted by Crippen LogP contribution is 2.41. The van der Waals surface area contributed by atoms with Gasteiger partial charge in [0.15, 0.2) is 0 Å². The maximum atomic E-state index is 6.18. The van der Waals surface area contributed by atoms with Crippen LogP contribution in [-0.2, 0) is 26.6 Å². The maximum absolute atomic E-state index is 6.18. The molecule has 2 fully saturated rings. The standard InChI is InChI=1S/C24H51NO6Si2/c1-7-26-32(27-8-2,28-9-3)23-17-13-21(14-18-23)25-22-15-19-24(20-16-22)33(29-10-4,30-11-5)31-12-6/h21-25H,7-20H2,1-6H3. The topological polar surface area (TPSA) is 67.4 Å². The van der Waals surface area contributed by atoms with Crippen LogP contribution in [0.2, 0.25) is 11.1 Å². The Balaban J connectivity index is 1.87. The Labute approximate surface area is 205 Å². The molecule has 196 valence electrons. The van der Waals surface area contributed by atoms with Gasteiger partial charge in [-0.1, -0.05) is 0 Å². The number of nitrogens with one attached hydrogen (secondary N) is 1. The van der Waals surface area contributed by atoms with Crippen molar-refractivity contribution in [2.45, 2.75) is 116 Å². The van der Waals surface area contributed by atoms with E-state index < -0.39 is 17.6 Å². The van der Waals surface area contributed by atoms with E-state index in [0.29, 0.717) is 62.8 Å². The molecule has 0 aromatic rings. The summed E-state index contributed by atoms with van der Waals surface area (Å²) in [6, 6.07) is 1.15. The van der Waals surface area contributed by atoms with Gasteiger partial charge in [-0.25, -0.2) is 0 Å². The Bertz CT molecular complexity index is 435. The van der Waals surface area contributed by atoms with Crippen LogP contribution in [0.3, 0.4) is 0 Å². The molecule has 0 spiro atoms. The van der Waals surface area contributed by atoms with Crippen molar-refractivity contribution < 1.29 is 26.6 Å². The van der Waals surface area contributed by atoms with Gasteiger partial charge in [0.25, 0.3) is 0 Å². The molecule has 33 heavy (non-hydrogen) atoms. The van der Waals surface area contributed by atoms with E-state index in [4.69, 9.17) is 26.6 Å². The van der Waals surface area contributed by atoms with Crippen molar-refractivity contribution in [3.8, 4) is 0 Å². The molecule has 0 aliphatic heterocycles. The minimum atomic E-state index is -2.60. The van der Waals surface area contributed by atoms with Crippen LogP contribution in [0.4, 0.5) is 0 Å². The van der Waals surface area contributed by atoms with E-state index in [-0.39, 0.29) is 0 Å². The third kappa shape index (κ3) is 8.08. The zero-order valence-electron chi connectivity index (χ0n) is 22.2. The van der Waals surface area contributed by atoms with Crippen molar-refractivity contribution in [2.24, 2.45) is 0 Å². The Hall–Kier alpha value is 0.154. The molecule has 2 rings (SSSR count). The molecule has 0 bridgehead atoms. The summed E-state index contributed by atoms with van der Waals surface area (Å²) in [5, 5.41) is 3.98. The predicted octanol–water partition coefficient (Wildman–Crippen LogP) is 5.30. The van der Waals surface area contributed by atoms with E-state index in [1.165, 1.54) is 25.7 Å². The second kappa shape index (κ2) is 15.3. The van der Waals surface area contributed by atoms with Gasteiger partial charge in [-0.05, 0) is 92.9 Å². The van der Waals surface area contributed by atoms with Gasteiger partial charge < -0.3 is 31.9 Å². The highest BCUT2D eigenvalue weighted by atomic mass is 28.4. The summed E-state index contributed by atoms with van der Waals surface area (Å²) in [6.45, 7) is 16.2. The average molecular weight is 506 g/mol. The molecule has 0 aromatic carbocycles. The number of hydrogen-bond acceptors (Lipinski definition) is 7. The van der Waals surface area contributed by atoms with Gasteiger partial charge in [0.05, 0.1) is 0 Å². The smallest absolute Gasteiger partial charge is 0.374 e. The first-order valence-corrected chi connectivity index (χ1v) is 17.2. The van der Waals surface area contributed by atoms with Crippen molar-refractivity contribution in [1.82, 2.24) is 5.32 Å². The molecule has 1 N–H and O–H groups in total. The molecule has 0 saturated heterocycles. The Kier molecular flexibility index (Phi) is 13.6. The molecule has 0 amide bonds. The van der Waals surface area contributed by atoms with E-state index in [2.05, 4.69) is 5.32 Å². The van der Waals surface area contributed by atoms with Crippen LogP contribution in [0.15, 0.2) is 0 Å².